The molecule has 0 amide bonds. The molecular formula is C11H16N2O. The van der Waals surface area contributed by atoms with Gasteiger partial charge >= 0.3 is 0 Å². The number of nitrogens with one attached hydrogen (secondary N) is 1. The molecule has 0 saturated carbocycles. The van der Waals surface area contributed by atoms with E-state index in [4.69, 9.17) is 0 Å². The lowest BCUT2D eigenvalue weighted by molar-refractivity contribution is 0.717. The number of pyridine rings is 1. The van der Waals surface area contributed by atoms with E-state index >= 15 is 0 Å². The quantitative estimate of drug-likeness (QED) is 0.794. The lowest BCUT2D eigenvalue weighted by Gasteiger charge is -2.14. The minimum Gasteiger partial charge on any atom is -0.386 e. The summed E-state index contributed by atoms with van der Waals surface area (Å²) in [6, 6.07) is 3.36. The summed E-state index contributed by atoms with van der Waals surface area (Å²) in [4.78, 5) is 11.5. The van der Waals surface area contributed by atoms with Crippen LogP contribution in [0.25, 0.3) is 5.57 Å². The zero-order chi connectivity index (χ0) is 10.7. The third-order valence-corrected chi connectivity index (χ3v) is 2.17. The molecule has 0 aromatic carbocycles. The molecule has 0 fully saturated rings. The molecule has 76 valence electrons. The van der Waals surface area contributed by atoms with Crippen LogP contribution >= 0.6 is 0 Å². The van der Waals surface area contributed by atoms with E-state index in [0.717, 1.165) is 17.0 Å². The summed E-state index contributed by atoms with van der Waals surface area (Å²) in [6.45, 7) is 8.40. The number of anilines is 1. The summed E-state index contributed by atoms with van der Waals surface area (Å²) in [7, 11) is 1.84. The number of aromatic nitrogens is 1. The molecule has 0 aliphatic heterocycles. The van der Waals surface area contributed by atoms with Crippen molar-refractivity contribution in [2.75, 3.05) is 12.4 Å². The smallest absolute Gasteiger partial charge is 0.251 e. The molecule has 0 spiro atoms. The van der Waals surface area contributed by atoms with E-state index in [-0.39, 0.29) is 5.56 Å². The van der Waals surface area contributed by atoms with Crippen molar-refractivity contribution in [3.8, 4) is 0 Å². The van der Waals surface area contributed by atoms with Crippen molar-refractivity contribution in [2.45, 2.75) is 20.4 Å². The van der Waals surface area contributed by atoms with Crippen LogP contribution in [0.4, 0.5) is 5.69 Å². The van der Waals surface area contributed by atoms with Gasteiger partial charge in [0.15, 0.2) is 0 Å². The molecule has 3 nitrogen and oxygen atoms in total. The van der Waals surface area contributed by atoms with E-state index in [1.807, 2.05) is 20.9 Å². The fraction of sp³-hybridized carbons (Fsp3) is 0.364. The maximum atomic E-state index is 11.5. The number of hydrogen-bond donors (Lipinski definition) is 1. The van der Waals surface area contributed by atoms with Crippen LogP contribution in [-0.2, 0) is 6.54 Å². The van der Waals surface area contributed by atoms with Gasteiger partial charge in [-0.05, 0) is 25.5 Å². The molecule has 0 unspecified atom stereocenters. The summed E-state index contributed by atoms with van der Waals surface area (Å²) in [6.07, 6.45) is 0. The predicted octanol–water partition coefficient (Wildman–Crippen LogP) is 1.94. The zero-order valence-corrected chi connectivity index (χ0v) is 8.92. The van der Waals surface area contributed by atoms with Crippen LogP contribution in [-0.4, -0.2) is 11.6 Å². The van der Waals surface area contributed by atoms with E-state index in [2.05, 4.69) is 11.9 Å². The number of hydrogen-bond acceptors (Lipinski definition) is 2. The summed E-state index contributed by atoms with van der Waals surface area (Å²) in [5, 5.41) is 3.06. The Labute approximate surface area is 84.1 Å². The van der Waals surface area contributed by atoms with Gasteiger partial charge in [0.1, 0.15) is 0 Å². The number of rotatable bonds is 3. The molecule has 0 atom stereocenters. The van der Waals surface area contributed by atoms with E-state index in [0.29, 0.717) is 6.54 Å². The third-order valence-electron chi connectivity index (χ3n) is 2.17. The maximum absolute atomic E-state index is 11.5. The van der Waals surface area contributed by atoms with Crippen LogP contribution in [0.1, 0.15) is 19.5 Å². The van der Waals surface area contributed by atoms with Gasteiger partial charge < -0.3 is 9.88 Å². The second kappa shape index (κ2) is 4.13. The predicted molar refractivity (Wildman–Crippen MR) is 60.6 cm³/mol. The van der Waals surface area contributed by atoms with Crippen molar-refractivity contribution >= 4 is 11.3 Å². The molecule has 1 rings (SSSR count). The second-order valence-corrected chi connectivity index (χ2v) is 3.21. The molecule has 1 heterocycles. The van der Waals surface area contributed by atoms with Gasteiger partial charge in [-0.1, -0.05) is 6.58 Å². The molecule has 3 heteroatoms. The standard InChI is InChI=1S/C11H16N2O/c1-5-13-10(14)7-6-9(12-4)11(13)8(2)3/h6-7,12H,2,5H2,1,3-4H3. The van der Waals surface area contributed by atoms with Gasteiger partial charge in [-0.15, -0.1) is 0 Å². The second-order valence-electron chi connectivity index (χ2n) is 3.21. The highest BCUT2D eigenvalue weighted by Gasteiger charge is 2.07. The van der Waals surface area contributed by atoms with E-state index in [9.17, 15) is 4.79 Å². The first-order chi connectivity index (χ1) is 6.61. The Morgan fingerprint density at radius 1 is 1.57 bits per heavy atom. The van der Waals surface area contributed by atoms with Crippen LogP contribution in [0, 0.1) is 0 Å². The molecule has 0 radical (unpaired) electrons. The molecule has 14 heavy (non-hydrogen) atoms. The van der Waals surface area contributed by atoms with E-state index in [1.165, 1.54) is 0 Å². The van der Waals surface area contributed by atoms with Crippen LogP contribution in [0.5, 0.6) is 0 Å². The minimum atomic E-state index is 0.0181. The van der Waals surface area contributed by atoms with E-state index < -0.39 is 0 Å². The topological polar surface area (TPSA) is 34.0 Å². The molecular weight excluding hydrogens is 176 g/mol. The lowest BCUT2D eigenvalue weighted by atomic mass is 10.1. The van der Waals surface area contributed by atoms with Gasteiger partial charge in [-0.2, -0.15) is 0 Å². The molecule has 1 aromatic heterocycles. The molecule has 1 aromatic rings. The summed E-state index contributed by atoms with van der Waals surface area (Å²) >= 11 is 0. The summed E-state index contributed by atoms with van der Waals surface area (Å²) in [5.41, 5.74) is 2.75. The van der Waals surface area contributed by atoms with Crippen molar-refractivity contribution in [1.82, 2.24) is 4.57 Å². The van der Waals surface area contributed by atoms with Gasteiger partial charge in [0.25, 0.3) is 5.56 Å². The first-order valence-electron chi connectivity index (χ1n) is 4.69. The van der Waals surface area contributed by atoms with Crippen LogP contribution in [0.2, 0.25) is 0 Å². The van der Waals surface area contributed by atoms with Gasteiger partial charge in [0, 0.05) is 19.7 Å². The Kier molecular flexibility index (Phi) is 3.12. The largest absolute Gasteiger partial charge is 0.386 e. The highest BCUT2D eigenvalue weighted by Crippen LogP contribution is 2.19. The normalized spacial score (nSPS) is 9.93. The third kappa shape index (κ3) is 1.71. The highest BCUT2D eigenvalue weighted by atomic mass is 16.1. The van der Waals surface area contributed by atoms with Crippen molar-refractivity contribution < 1.29 is 0 Å². The highest BCUT2D eigenvalue weighted by molar-refractivity contribution is 5.70. The average Bonchev–Trinajstić information content (AvgIpc) is 2.17. The van der Waals surface area contributed by atoms with E-state index in [1.54, 1.807) is 16.7 Å². The zero-order valence-electron chi connectivity index (χ0n) is 8.92. The Bertz CT molecular complexity index is 404. The van der Waals surface area contributed by atoms with Gasteiger partial charge in [0.2, 0.25) is 0 Å². The van der Waals surface area contributed by atoms with Crippen LogP contribution in [0.15, 0.2) is 23.5 Å². The molecule has 0 aliphatic rings. The Morgan fingerprint density at radius 3 is 2.64 bits per heavy atom. The van der Waals surface area contributed by atoms with Gasteiger partial charge in [-0.3, -0.25) is 4.79 Å². The fourth-order valence-electron chi connectivity index (χ4n) is 1.56. The minimum absolute atomic E-state index is 0.0181. The molecule has 0 aliphatic carbocycles. The van der Waals surface area contributed by atoms with Crippen molar-refractivity contribution in [1.29, 1.82) is 0 Å². The van der Waals surface area contributed by atoms with Crippen LogP contribution < -0.4 is 10.9 Å². The Morgan fingerprint density at radius 2 is 2.21 bits per heavy atom. The molecule has 0 bridgehead atoms. The Balaban J connectivity index is 3.52. The SMILES string of the molecule is C=C(C)c1c(NC)ccc(=O)n1CC. The summed E-state index contributed by atoms with van der Waals surface area (Å²) < 4.78 is 1.72. The maximum Gasteiger partial charge on any atom is 0.251 e. The van der Waals surface area contributed by atoms with Gasteiger partial charge in [-0.25, -0.2) is 0 Å². The lowest BCUT2D eigenvalue weighted by Crippen LogP contribution is -2.22. The summed E-state index contributed by atoms with van der Waals surface area (Å²) in [5.74, 6) is 0. The molecule has 0 saturated heterocycles. The first kappa shape index (κ1) is 10.6. The fourth-order valence-corrected chi connectivity index (χ4v) is 1.56. The van der Waals surface area contributed by atoms with Crippen molar-refractivity contribution in [3.05, 3.63) is 34.8 Å². The number of nitrogens with zero attached hydrogens (tertiary/aromatic N) is 1. The van der Waals surface area contributed by atoms with Gasteiger partial charge in [0.05, 0.1) is 11.4 Å². The van der Waals surface area contributed by atoms with Crippen molar-refractivity contribution in [3.63, 3.8) is 0 Å². The average molecular weight is 192 g/mol. The van der Waals surface area contributed by atoms with Crippen molar-refractivity contribution in [2.24, 2.45) is 0 Å². The number of allylic oxidation sites excluding steroid dienone is 1. The first-order valence-corrected chi connectivity index (χ1v) is 4.69. The molecule has 1 N–H and O–H groups in total. The Hall–Kier alpha value is -1.51. The monoisotopic (exact) mass is 192 g/mol. The van der Waals surface area contributed by atoms with Crippen LogP contribution in [0.3, 0.4) is 0 Å².